The number of carbonyl (C=O) groups is 1. The Kier molecular flexibility index (Phi) is 5.21. The topological polar surface area (TPSA) is 94.6 Å². The molecule has 1 heterocycles. The Morgan fingerprint density at radius 2 is 1.89 bits per heavy atom. The van der Waals surface area contributed by atoms with Gasteiger partial charge in [-0.15, -0.1) is 0 Å². The predicted molar refractivity (Wildman–Crippen MR) is 101 cm³/mol. The van der Waals surface area contributed by atoms with Gasteiger partial charge < -0.3 is 14.5 Å². The van der Waals surface area contributed by atoms with E-state index in [9.17, 15) is 14.9 Å². The molecule has 0 bridgehead atoms. The van der Waals surface area contributed by atoms with E-state index in [1.54, 1.807) is 6.07 Å². The van der Waals surface area contributed by atoms with Gasteiger partial charge in [0.05, 0.1) is 23.7 Å². The standard InChI is InChI=1S/C20H18N2O5/c1-3-13-4-6-14(7-5-13)21-20(23)19-11-10-18(27-19)16-9-8-15(26-2)12-17(16)22(24)25/h4-12H,3H2,1-2H3,(H,21,23). The first-order chi connectivity index (χ1) is 13.0. The first-order valence-corrected chi connectivity index (χ1v) is 8.34. The molecule has 0 spiro atoms. The molecule has 0 saturated heterocycles. The molecular formula is C20H18N2O5. The molecule has 2 aromatic carbocycles. The van der Waals surface area contributed by atoms with Crippen molar-refractivity contribution in [3.8, 4) is 17.1 Å². The maximum atomic E-state index is 12.4. The number of hydrogen-bond acceptors (Lipinski definition) is 5. The molecule has 1 amide bonds. The summed E-state index contributed by atoms with van der Waals surface area (Å²) in [7, 11) is 1.43. The van der Waals surface area contributed by atoms with E-state index in [2.05, 4.69) is 12.2 Å². The van der Waals surface area contributed by atoms with Gasteiger partial charge in [-0.05, 0) is 48.4 Å². The lowest BCUT2D eigenvalue weighted by Gasteiger charge is -2.05. The van der Waals surface area contributed by atoms with Gasteiger partial charge in [0.15, 0.2) is 5.76 Å². The average molecular weight is 366 g/mol. The fourth-order valence-electron chi connectivity index (χ4n) is 2.62. The number of aryl methyl sites for hydroxylation is 1. The average Bonchev–Trinajstić information content (AvgIpc) is 3.18. The minimum Gasteiger partial charge on any atom is -0.497 e. The lowest BCUT2D eigenvalue weighted by Crippen LogP contribution is -2.10. The number of anilines is 1. The first-order valence-electron chi connectivity index (χ1n) is 8.34. The Balaban J connectivity index is 1.83. The summed E-state index contributed by atoms with van der Waals surface area (Å²) in [4.78, 5) is 23.2. The van der Waals surface area contributed by atoms with E-state index < -0.39 is 10.8 Å². The summed E-state index contributed by atoms with van der Waals surface area (Å²) < 4.78 is 10.6. The Labute approximate surface area is 155 Å². The quantitative estimate of drug-likeness (QED) is 0.505. The number of amides is 1. The highest BCUT2D eigenvalue weighted by molar-refractivity contribution is 6.02. The number of nitro benzene ring substituents is 1. The highest BCUT2D eigenvalue weighted by atomic mass is 16.6. The van der Waals surface area contributed by atoms with Crippen molar-refractivity contribution in [1.29, 1.82) is 0 Å². The van der Waals surface area contributed by atoms with Crippen molar-refractivity contribution < 1.29 is 18.9 Å². The zero-order chi connectivity index (χ0) is 19.4. The predicted octanol–water partition coefficient (Wildman–Crippen LogP) is 4.68. The number of ether oxygens (including phenoxy) is 1. The van der Waals surface area contributed by atoms with Crippen LogP contribution < -0.4 is 10.1 Å². The smallest absolute Gasteiger partial charge is 0.291 e. The number of rotatable bonds is 6. The summed E-state index contributed by atoms with van der Waals surface area (Å²) in [6.07, 6.45) is 0.913. The minimum atomic E-state index is -0.518. The van der Waals surface area contributed by atoms with Gasteiger partial charge in [-0.2, -0.15) is 0 Å². The molecule has 7 nitrogen and oxygen atoms in total. The molecule has 7 heteroatoms. The fourth-order valence-corrected chi connectivity index (χ4v) is 2.62. The molecular weight excluding hydrogens is 348 g/mol. The van der Waals surface area contributed by atoms with Gasteiger partial charge in [-0.1, -0.05) is 19.1 Å². The van der Waals surface area contributed by atoms with Crippen LogP contribution >= 0.6 is 0 Å². The first kappa shape index (κ1) is 18.2. The summed E-state index contributed by atoms with van der Waals surface area (Å²) in [5.74, 6) is 0.234. The van der Waals surface area contributed by atoms with E-state index in [0.717, 1.165) is 6.42 Å². The van der Waals surface area contributed by atoms with Crippen LogP contribution in [-0.4, -0.2) is 17.9 Å². The molecule has 0 aliphatic heterocycles. The van der Waals surface area contributed by atoms with E-state index in [1.165, 1.54) is 36.9 Å². The maximum Gasteiger partial charge on any atom is 0.291 e. The minimum absolute atomic E-state index is 0.0645. The van der Waals surface area contributed by atoms with Crippen molar-refractivity contribution in [1.82, 2.24) is 0 Å². The summed E-state index contributed by atoms with van der Waals surface area (Å²) in [6, 6.07) is 15.0. The van der Waals surface area contributed by atoms with Gasteiger partial charge in [0, 0.05) is 5.69 Å². The van der Waals surface area contributed by atoms with Crippen LogP contribution in [0.3, 0.4) is 0 Å². The van der Waals surface area contributed by atoms with Crippen LogP contribution in [0.1, 0.15) is 23.0 Å². The molecule has 138 valence electrons. The highest BCUT2D eigenvalue weighted by Crippen LogP contribution is 2.34. The number of methoxy groups -OCH3 is 1. The van der Waals surface area contributed by atoms with Crippen LogP contribution in [0, 0.1) is 10.1 Å². The molecule has 0 saturated carbocycles. The lowest BCUT2D eigenvalue weighted by molar-refractivity contribution is -0.384. The van der Waals surface area contributed by atoms with E-state index in [0.29, 0.717) is 11.4 Å². The second-order valence-electron chi connectivity index (χ2n) is 5.81. The van der Waals surface area contributed by atoms with Crippen molar-refractivity contribution in [3.05, 3.63) is 76.0 Å². The molecule has 0 atom stereocenters. The van der Waals surface area contributed by atoms with Crippen LogP contribution in [0.5, 0.6) is 5.75 Å². The van der Waals surface area contributed by atoms with Crippen molar-refractivity contribution in [3.63, 3.8) is 0 Å². The molecule has 0 aliphatic carbocycles. The van der Waals surface area contributed by atoms with Crippen LogP contribution in [0.4, 0.5) is 11.4 Å². The van der Waals surface area contributed by atoms with Crippen LogP contribution in [-0.2, 0) is 6.42 Å². The second-order valence-corrected chi connectivity index (χ2v) is 5.81. The summed E-state index contributed by atoms with van der Waals surface area (Å²) >= 11 is 0. The van der Waals surface area contributed by atoms with Gasteiger partial charge in [0.1, 0.15) is 11.5 Å². The second kappa shape index (κ2) is 7.74. The molecule has 3 aromatic rings. The van der Waals surface area contributed by atoms with Gasteiger partial charge in [-0.25, -0.2) is 0 Å². The third-order valence-electron chi connectivity index (χ3n) is 4.12. The van der Waals surface area contributed by atoms with Crippen LogP contribution in [0.25, 0.3) is 11.3 Å². The van der Waals surface area contributed by atoms with Gasteiger partial charge in [0.2, 0.25) is 0 Å². The molecule has 1 N–H and O–H groups in total. The Morgan fingerprint density at radius 3 is 2.52 bits per heavy atom. The summed E-state index contributed by atoms with van der Waals surface area (Å²) in [6.45, 7) is 2.05. The maximum absolute atomic E-state index is 12.4. The molecule has 3 rings (SSSR count). The Bertz CT molecular complexity index is 976. The number of furan rings is 1. The fraction of sp³-hybridized carbons (Fsp3) is 0.150. The molecule has 1 aromatic heterocycles. The van der Waals surface area contributed by atoms with Gasteiger partial charge in [0.25, 0.3) is 11.6 Å². The zero-order valence-electron chi connectivity index (χ0n) is 14.9. The highest BCUT2D eigenvalue weighted by Gasteiger charge is 2.21. The molecule has 27 heavy (non-hydrogen) atoms. The lowest BCUT2D eigenvalue weighted by atomic mass is 10.1. The summed E-state index contributed by atoms with van der Waals surface area (Å²) in [5, 5.41) is 14.1. The monoisotopic (exact) mass is 366 g/mol. The number of nitrogens with zero attached hydrogens (tertiary/aromatic N) is 1. The number of nitrogens with one attached hydrogen (secondary N) is 1. The number of nitro groups is 1. The van der Waals surface area contributed by atoms with Crippen molar-refractivity contribution in [2.24, 2.45) is 0 Å². The van der Waals surface area contributed by atoms with E-state index >= 15 is 0 Å². The SMILES string of the molecule is CCc1ccc(NC(=O)c2ccc(-c3ccc(OC)cc3[N+](=O)[O-])o2)cc1. The van der Waals surface area contributed by atoms with Crippen molar-refractivity contribution in [2.45, 2.75) is 13.3 Å². The van der Waals surface area contributed by atoms with E-state index in [-0.39, 0.29) is 22.8 Å². The van der Waals surface area contributed by atoms with Crippen LogP contribution in [0.2, 0.25) is 0 Å². The van der Waals surface area contributed by atoms with Crippen LogP contribution in [0.15, 0.2) is 59.0 Å². The summed E-state index contributed by atoms with van der Waals surface area (Å²) in [5.41, 5.74) is 1.92. The van der Waals surface area contributed by atoms with Crippen molar-refractivity contribution >= 4 is 17.3 Å². The third-order valence-corrected chi connectivity index (χ3v) is 4.12. The third kappa shape index (κ3) is 3.98. The normalized spacial score (nSPS) is 10.4. The molecule has 0 unspecified atom stereocenters. The number of carbonyl (C=O) groups excluding carboxylic acids is 1. The molecule has 0 radical (unpaired) electrons. The zero-order valence-corrected chi connectivity index (χ0v) is 14.9. The van der Waals surface area contributed by atoms with E-state index in [1.807, 2.05) is 24.3 Å². The van der Waals surface area contributed by atoms with Gasteiger partial charge >= 0.3 is 0 Å². The Morgan fingerprint density at radius 1 is 1.15 bits per heavy atom. The van der Waals surface area contributed by atoms with Crippen molar-refractivity contribution in [2.75, 3.05) is 12.4 Å². The molecule has 0 aliphatic rings. The number of benzene rings is 2. The Hall–Kier alpha value is -3.61. The number of hydrogen-bond donors (Lipinski definition) is 1. The largest absolute Gasteiger partial charge is 0.497 e. The van der Waals surface area contributed by atoms with E-state index in [4.69, 9.17) is 9.15 Å². The molecule has 0 fully saturated rings. The van der Waals surface area contributed by atoms with Gasteiger partial charge in [-0.3, -0.25) is 14.9 Å².